The molecule has 1 saturated heterocycles. The van der Waals surface area contributed by atoms with Crippen molar-refractivity contribution >= 4 is 11.9 Å². The number of hydrogen-bond acceptors (Lipinski definition) is 2. The van der Waals surface area contributed by atoms with Crippen molar-refractivity contribution in [3.8, 4) is 0 Å². The summed E-state index contributed by atoms with van der Waals surface area (Å²) in [6, 6.07) is 4.57. The van der Waals surface area contributed by atoms with E-state index in [4.69, 9.17) is 0 Å². The zero-order chi connectivity index (χ0) is 19.6. The summed E-state index contributed by atoms with van der Waals surface area (Å²) in [5.74, 6) is -2.96. The number of nitrogens with zero attached hydrogens (tertiary/aromatic N) is 1. The Morgan fingerprint density at radius 2 is 1.63 bits per heavy atom. The van der Waals surface area contributed by atoms with Crippen molar-refractivity contribution in [1.29, 1.82) is 0 Å². The van der Waals surface area contributed by atoms with Crippen LogP contribution >= 0.6 is 0 Å². The summed E-state index contributed by atoms with van der Waals surface area (Å²) in [5.41, 5.74) is 1.01. The van der Waals surface area contributed by atoms with Gasteiger partial charge in [-0.15, -0.1) is 0 Å². The topological polar surface area (TPSA) is 57.6 Å². The van der Waals surface area contributed by atoms with Crippen LogP contribution in [0.3, 0.4) is 0 Å². The van der Waals surface area contributed by atoms with Crippen molar-refractivity contribution in [1.82, 2.24) is 4.90 Å². The van der Waals surface area contributed by atoms with Crippen molar-refractivity contribution in [3.63, 3.8) is 0 Å². The molecule has 0 bridgehead atoms. The highest BCUT2D eigenvalue weighted by Crippen LogP contribution is 2.35. The molecular formula is C20H24F3NO3. The number of aromatic carboxylic acids is 1. The van der Waals surface area contributed by atoms with Crippen molar-refractivity contribution < 1.29 is 27.9 Å². The molecule has 1 amide bonds. The quantitative estimate of drug-likeness (QED) is 0.812. The van der Waals surface area contributed by atoms with Crippen LogP contribution in [0.4, 0.5) is 13.2 Å². The first kappa shape index (κ1) is 19.7. The predicted molar refractivity (Wildman–Crippen MR) is 93.9 cm³/mol. The first-order chi connectivity index (χ1) is 12.8. The van der Waals surface area contributed by atoms with Gasteiger partial charge in [0.15, 0.2) is 0 Å². The van der Waals surface area contributed by atoms with E-state index >= 15 is 0 Å². The largest absolute Gasteiger partial charge is 0.478 e. The van der Waals surface area contributed by atoms with E-state index in [9.17, 15) is 27.9 Å². The van der Waals surface area contributed by atoms with Crippen LogP contribution in [0, 0.1) is 5.92 Å². The summed E-state index contributed by atoms with van der Waals surface area (Å²) in [4.78, 5) is 25.6. The molecule has 1 atom stereocenters. The van der Waals surface area contributed by atoms with E-state index < -0.39 is 24.0 Å². The van der Waals surface area contributed by atoms with Crippen LogP contribution < -0.4 is 0 Å². The van der Waals surface area contributed by atoms with Gasteiger partial charge in [-0.2, -0.15) is 13.2 Å². The minimum Gasteiger partial charge on any atom is -0.478 e. The Labute approximate surface area is 156 Å². The van der Waals surface area contributed by atoms with E-state index in [1.807, 2.05) is 0 Å². The van der Waals surface area contributed by atoms with Gasteiger partial charge in [-0.25, -0.2) is 4.79 Å². The third-order valence-electron chi connectivity index (χ3n) is 5.70. The molecule has 2 aliphatic rings. The normalized spacial score (nSPS) is 21.9. The van der Waals surface area contributed by atoms with Gasteiger partial charge in [-0.3, -0.25) is 4.79 Å². The lowest BCUT2D eigenvalue weighted by Gasteiger charge is -2.34. The fourth-order valence-electron chi connectivity index (χ4n) is 4.18. The average molecular weight is 383 g/mol. The Morgan fingerprint density at radius 1 is 0.963 bits per heavy atom. The van der Waals surface area contributed by atoms with Gasteiger partial charge in [0, 0.05) is 18.7 Å². The Hall–Kier alpha value is -2.05. The van der Waals surface area contributed by atoms with Crippen molar-refractivity contribution in [2.45, 2.75) is 57.0 Å². The SMILES string of the molecule is O=C(O)c1cc(C(=O)N2CCCC(C(F)(F)F)C2)cc(C2CCCCC2)c1. The first-order valence-electron chi connectivity index (χ1n) is 9.50. The minimum absolute atomic E-state index is 0.0193. The molecule has 27 heavy (non-hydrogen) atoms. The van der Waals surface area contributed by atoms with Crippen LogP contribution in [0.15, 0.2) is 18.2 Å². The lowest BCUT2D eigenvalue weighted by Crippen LogP contribution is -2.44. The number of carbonyl (C=O) groups excluding carboxylic acids is 1. The smallest absolute Gasteiger partial charge is 0.393 e. The highest BCUT2D eigenvalue weighted by atomic mass is 19.4. The molecule has 4 nitrogen and oxygen atoms in total. The molecule has 0 spiro atoms. The van der Waals surface area contributed by atoms with Crippen LogP contribution in [0.5, 0.6) is 0 Å². The van der Waals surface area contributed by atoms with Crippen LogP contribution in [0.2, 0.25) is 0 Å². The molecule has 0 aromatic heterocycles. The standard InChI is InChI=1S/C20H24F3NO3/c21-20(22,23)17-7-4-8-24(12-17)18(25)15-9-14(10-16(11-15)19(26)27)13-5-2-1-3-6-13/h9-11,13,17H,1-8,12H2,(H,26,27). The van der Waals surface area contributed by atoms with Gasteiger partial charge in [-0.1, -0.05) is 19.3 Å². The Bertz CT molecular complexity index is 711. The maximum Gasteiger partial charge on any atom is 0.393 e. The number of carboxylic acid groups (broad SMARTS) is 1. The summed E-state index contributed by atoms with van der Waals surface area (Å²) in [5, 5.41) is 9.40. The Balaban J connectivity index is 1.86. The van der Waals surface area contributed by atoms with Crippen LogP contribution in [0.1, 0.15) is 77.1 Å². The second kappa shape index (κ2) is 7.90. The molecule has 2 fully saturated rings. The van der Waals surface area contributed by atoms with Crippen molar-refractivity contribution in [2.75, 3.05) is 13.1 Å². The molecule has 1 N–H and O–H groups in total. The number of halogens is 3. The summed E-state index contributed by atoms with van der Waals surface area (Å²) in [6.45, 7) is -0.0974. The summed E-state index contributed by atoms with van der Waals surface area (Å²) < 4.78 is 39.1. The highest BCUT2D eigenvalue weighted by molar-refractivity contribution is 5.98. The number of carbonyl (C=O) groups is 2. The summed E-state index contributed by atoms with van der Waals surface area (Å²) in [6.07, 6.45) is 1.14. The number of likely N-dealkylation sites (tertiary alicyclic amines) is 1. The maximum atomic E-state index is 13.0. The Morgan fingerprint density at radius 3 is 2.26 bits per heavy atom. The fourth-order valence-corrected chi connectivity index (χ4v) is 4.18. The zero-order valence-corrected chi connectivity index (χ0v) is 15.1. The third-order valence-corrected chi connectivity index (χ3v) is 5.70. The van der Waals surface area contributed by atoms with Gasteiger partial charge in [0.1, 0.15) is 0 Å². The summed E-state index contributed by atoms with van der Waals surface area (Å²) in [7, 11) is 0. The number of carboxylic acids is 1. The van der Waals surface area contributed by atoms with Gasteiger partial charge >= 0.3 is 12.1 Å². The van der Waals surface area contributed by atoms with E-state index in [-0.39, 0.29) is 36.6 Å². The molecule has 1 saturated carbocycles. The van der Waals surface area contributed by atoms with Gasteiger partial charge in [0.05, 0.1) is 11.5 Å². The van der Waals surface area contributed by atoms with Crippen LogP contribution in [-0.4, -0.2) is 41.1 Å². The summed E-state index contributed by atoms with van der Waals surface area (Å²) >= 11 is 0. The van der Waals surface area contributed by atoms with E-state index in [0.717, 1.165) is 37.7 Å². The highest BCUT2D eigenvalue weighted by Gasteiger charge is 2.42. The minimum atomic E-state index is -4.32. The molecule has 1 aliphatic heterocycles. The second-order valence-corrected chi connectivity index (χ2v) is 7.62. The molecular weight excluding hydrogens is 359 g/mol. The maximum absolute atomic E-state index is 13.0. The molecule has 1 heterocycles. The third kappa shape index (κ3) is 4.62. The van der Waals surface area contributed by atoms with Gasteiger partial charge in [0.2, 0.25) is 0 Å². The second-order valence-electron chi connectivity index (χ2n) is 7.62. The number of hydrogen-bond donors (Lipinski definition) is 1. The van der Waals surface area contributed by atoms with E-state index in [0.29, 0.717) is 6.42 Å². The van der Waals surface area contributed by atoms with E-state index in [1.54, 1.807) is 12.1 Å². The lowest BCUT2D eigenvalue weighted by molar-refractivity contribution is -0.184. The Kier molecular flexibility index (Phi) is 5.77. The zero-order valence-electron chi connectivity index (χ0n) is 15.1. The first-order valence-corrected chi connectivity index (χ1v) is 9.50. The van der Waals surface area contributed by atoms with Gasteiger partial charge < -0.3 is 10.0 Å². The number of alkyl halides is 3. The number of amides is 1. The molecule has 0 radical (unpaired) electrons. The fraction of sp³-hybridized carbons (Fsp3) is 0.600. The molecule has 1 aromatic carbocycles. The van der Waals surface area contributed by atoms with Crippen molar-refractivity contribution in [2.24, 2.45) is 5.92 Å². The molecule has 1 unspecified atom stereocenters. The lowest BCUT2D eigenvalue weighted by atomic mass is 9.83. The van der Waals surface area contributed by atoms with Crippen LogP contribution in [-0.2, 0) is 0 Å². The van der Waals surface area contributed by atoms with E-state index in [2.05, 4.69) is 0 Å². The molecule has 148 valence electrons. The van der Waals surface area contributed by atoms with Crippen LogP contribution in [0.25, 0.3) is 0 Å². The number of benzene rings is 1. The van der Waals surface area contributed by atoms with E-state index in [1.165, 1.54) is 11.0 Å². The number of rotatable bonds is 3. The molecule has 1 aromatic rings. The van der Waals surface area contributed by atoms with Gasteiger partial charge in [-0.05, 0) is 55.4 Å². The molecule has 7 heteroatoms. The molecule has 1 aliphatic carbocycles. The average Bonchev–Trinajstić information content (AvgIpc) is 2.67. The van der Waals surface area contributed by atoms with Gasteiger partial charge in [0.25, 0.3) is 5.91 Å². The molecule has 3 rings (SSSR count). The monoisotopic (exact) mass is 383 g/mol. The van der Waals surface area contributed by atoms with Crippen molar-refractivity contribution in [3.05, 3.63) is 34.9 Å². The predicted octanol–water partition coefficient (Wildman–Crippen LogP) is 4.85. The number of piperidine rings is 1.